The fraction of sp³-hybridized carbons (Fsp3) is 0.391. The number of benzene rings is 2. The summed E-state index contributed by atoms with van der Waals surface area (Å²) in [5.74, 6) is -0.857. The number of esters is 2. The van der Waals surface area contributed by atoms with E-state index in [1.807, 2.05) is 12.1 Å². The van der Waals surface area contributed by atoms with Gasteiger partial charge in [0.15, 0.2) is 0 Å². The maximum absolute atomic E-state index is 12.6. The Labute approximate surface area is 161 Å². The minimum absolute atomic E-state index is 0.113. The van der Waals surface area contributed by atoms with Crippen LogP contribution in [0.1, 0.15) is 61.8 Å². The highest BCUT2D eigenvalue weighted by Crippen LogP contribution is 2.31. The zero-order chi connectivity index (χ0) is 20.1. The van der Waals surface area contributed by atoms with Gasteiger partial charge in [0.1, 0.15) is 11.7 Å². The summed E-state index contributed by atoms with van der Waals surface area (Å²) in [5.41, 5.74) is -0.154. The number of ether oxygens (including phenoxy) is 2. The normalized spacial score (nSPS) is 12.9. The molecule has 4 nitrogen and oxygen atoms in total. The maximum atomic E-state index is 12.6. The largest absolute Gasteiger partial charge is 0.455 e. The van der Waals surface area contributed by atoms with Gasteiger partial charge < -0.3 is 9.47 Å². The standard InChI is InChI=1S/C23H28O4/c1-22(2,3)16-19(26-20(24)17-12-8-6-9-13-17)23(4,5)27-21(25)18-14-10-7-11-15-18/h6-15,19H,16H2,1-5H3. The molecule has 2 aromatic carbocycles. The van der Waals surface area contributed by atoms with Gasteiger partial charge in [-0.3, -0.25) is 0 Å². The predicted molar refractivity (Wildman–Crippen MR) is 106 cm³/mol. The van der Waals surface area contributed by atoms with Crippen molar-refractivity contribution < 1.29 is 19.1 Å². The molecule has 27 heavy (non-hydrogen) atoms. The molecule has 2 aromatic rings. The van der Waals surface area contributed by atoms with Crippen LogP contribution in [-0.2, 0) is 9.47 Å². The van der Waals surface area contributed by atoms with Gasteiger partial charge >= 0.3 is 11.9 Å². The second kappa shape index (κ2) is 8.38. The first-order valence-corrected chi connectivity index (χ1v) is 9.13. The number of carbonyl (C=O) groups is 2. The molecule has 0 aliphatic carbocycles. The summed E-state index contributed by atoms with van der Waals surface area (Å²) in [7, 11) is 0. The molecule has 4 heteroatoms. The monoisotopic (exact) mass is 368 g/mol. The molecule has 0 radical (unpaired) electrons. The smallest absolute Gasteiger partial charge is 0.338 e. The summed E-state index contributed by atoms with van der Waals surface area (Å²) < 4.78 is 11.6. The molecule has 1 atom stereocenters. The first kappa shape index (κ1) is 20.7. The molecule has 0 aliphatic rings. The highest BCUT2D eigenvalue weighted by Gasteiger charge is 2.39. The van der Waals surface area contributed by atoms with E-state index < -0.39 is 23.6 Å². The summed E-state index contributed by atoms with van der Waals surface area (Å²) >= 11 is 0. The molecular formula is C23H28O4. The van der Waals surface area contributed by atoms with Crippen molar-refractivity contribution in [2.24, 2.45) is 5.41 Å². The van der Waals surface area contributed by atoms with Crippen molar-refractivity contribution in [3.8, 4) is 0 Å². The van der Waals surface area contributed by atoms with Gasteiger partial charge in [-0.15, -0.1) is 0 Å². The van der Waals surface area contributed by atoms with Gasteiger partial charge in [0.2, 0.25) is 0 Å². The predicted octanol–water partition coefficient (Wildman–Crippen LogP) is 5.28. The van der Waals surface area contributed by atoms with E-state index in [0.717, 1.165) is 0 Å². The molecule has 0 spiro atoms. The van der Waals surface area contributed by atoms with E-state index in [1.54, 1.807) is 62.4 Å². The molecule has 0 aliphatic heterocycles. The highest BCUT2D eigenvalue weighted by molar-refractivity contribution is 5.90. The highest BCUT2D eigenvalue weighted by atomic mass is 16.6. The van der Waals surface area contributed by atoms with Gasteiger partial charge in [0.05, 0.1) is 11.1 Å². The molecule has 0 amide bonds. The molecule has 0 saturated heterocycles. The van der Waals surface area contributed by atoms with Crippen molar-refractivity contribution >= 4 is 11.9 Å². The molecule has 0 N–H and O–H groups in total. The Kier molecular flexibility index (Phi) is 6.42. The van der Waals surface area contributed by atoms with E-state index in [4.69, 9.17) is 9.47 Å². The topological polar surface area (TPSA) is 52.6 Å². The third kappa shape index (κ3) is 6.24. The zero-order valence-electron chi connectivity index (χ0n) is 16.7. The number of hydrogen-bond donors (Lipinski definition) is 0. The van der Waals surface area contributed by atoms with Gasteiger partial charge in [-0.1, -0.05) is 57.2 Å². The van der Waals surface area contributed by atoms with Crippen LogP contribution in [0.4, 0.5) is 0 Å². The van der Waals surface area contributed by atoms with Crippen LogP contribution in [0.2, 0.25) is 0 Å². The fourth-order valence-electron chi connectivity index (χ4n) is 2.69. The fourth-order valence-corrected chi connectivity index (χ4v) is 2.69. The van der Waals surface area contributed by atoms with Crippen LogP contribution in [-0.4, -0.2) is 23.6 Å². The summed E-state index contributed by atoms with van der Waals surface area (Å²) in [6.45, 7) is 9.74. The van der Waals surface area contributed by atoms with Crippen LogP contribution in [0.5, 0.6) is 0 Å². The van der Waals surface area contributed by atoms with Gasteiger partial charge in [-0.2, -0.15) is 0 Å². The van der Waals surface area contributed by atoms with Crippen LogP contribution in [0, 0.1) is 5.41 Å². The van der Waals surface area contributed by atoms with Crippen molar-refractivity contribution in [1.82, 2.24) is 0 Å². The van der Waals surface area contributed by atoms with Gasteiger partial charge in [-0.05, 0) is 49.9 Å². The van der Waals surface area contributed by atoms with Crippen molar-refractivity contribution in [2.45, 2.75) is 52.7 Å². The third-order valence-corrected chi connectivity index (χ3v) is 4.20. The summed E-state index contributed by atoms with van der Waals surface area (Å²) in [6, 6.07) is 17.6. The molecule has 144 valence electrons. The average Bonchev–Trinajstić information content (AvgIpc) is 2.61. The number of rotatable bonds is 6. The second-order valence-corrected chi connectivity index (χ2v) is 8.38. The molecular weight excluding hydrogens is 340 g/mol. The average molecular weight is 368 g/mol. The van der Waals surface area contributed by atoms with E-state index in [9.17, 15) is 9.59 Å². The number of hydrogen-bond acceptors (Lipinski definition) is 4. The lowest BCUT2D eigenvalue weighted by Gasteiger charge is -2.37. The minimum Gasteiger partial charge on any atom is -0.455 e. The lowest BCUT2D eigenvalue weighted by molar-refractivity contribution is -0.0899. The van der Waals surface area contributed by atoms with E-state index in [1.165, 1.54) is 0 Å². The number of carbonyl (C=O) groups excluding carboxylic acids is 2. The van der Waals surface area contributed by atoms with E-state index in [-0.39, 0.29) is 5.41 Å². The molecule has 1 unspecified atom stereocenters. The van der Waals surface area contributed by atoms with E-state index in [2.05, 4.69) is 20.8 Å². The first-order chi connectivity index (χ1) is 12.6. The molecule has 0 aromatic heterocycles. The Balaban J connectivity index is 2.20. The Morgan fingerprint density at radius 3 is 1.67 bits per heavy atom. The Hall–Kier alpha value is -2.62. The summed E-state index contributed by atoms with van der Waals surface area (Å²) in [5, 5.41) is 0. The van der Waals surface area contributed by atoms with Gasteiger partial charge in [0, 0.05) is 0 Å². The molecule has 0 bridgehead atoms. The molecule has 0 heterocycles. The Morgan fingerprint density at radius 1 is 0.778 bits per heavy atom. The Morgan fingerprint density at radius 2 is 1.22 bits per heavy atom. The summed E-state index contributed by atoms with van der Waals surface area (Å²) in [6.07, 6.45) is -0.0291. The van der Waals surface area contributed by atoms with Crippen LogP contribution >= 0.6 is 0 Å². The second-order valence-electron chi connectivity index (χ2n) is 8.38. The van der Waals surface area contributed by atoms with Crippen LogP contribution in [0.25, 0.3) is 0 Å². The third-order valence-electron chi connectivity index (χ3n) is 4.20. The summed E-state index contributed by atoms with van der Waals surface area (Å²) in [4.78, 5) is 25.1. The van der Waals surface area contributed by atoms with E-state index in [0.29, 0.717) is 17.5 Å². The zero-order valence-corrected chi connectivity index (χ0v) is 16.7. The SMILES string of the molecule is CC(C)(C)CC(OC(=O)c1ccccc1)C(C)(C)OC(=O)c1ccccc1. The quantitative estimate of drug-likeness (QED) is 0.651. The Bertz CT molecular complexity index is 758. The van der Waals surface area contributed by atoms with Crippen LogP contribution < -0.4 is 0 Å². The maximum Gasteiger partial charge on any atom is 0.338 e. The lowest BCUT2D eigenvalue weighted by Crippen LogP contribution is -2.45. The van der Waals surface area contributed by atoms with Gasteiger partial charge in [0.25, 0.3) is 0 Å². The first-order valence-electron chi connectivity index (χ1n) is 9.13. The van der Waals surface area contributed by atoms with Gasteiger partial charge in [-0.25, -0.2) is 9.59 Å². The lowest BCUT2D eigenvalue weighted by atomic mass is 9.83. The molecule has 2 rings (SSSR count). The molecule has 0 fully saturated rings. The van der Waals surface area contributed by atoms with Crippen molar-refractivity contribution in [3.63, 3.8) is 0 Å². The van der Waals surface area contributed by atoms with Crippen molar-refractivity contribution in [1.29, 1.82) is 0 Å². The van der Waals surface area contributed by atoms with Crippen LogP contribution in [0.3, 0.4) is 0 Å². The minimum atomic E-state index is -0.982. The van der Waals surface area contributed by atoms with E-state index >= 15 is 0 Å². The molecule has 0 saturated carbocycles. The van der Waals surface area contributed by atoms with Crippen LogP contribution in [0.15, 0.2) is 60.7 Å². The van der Waals surface area contributed by atoms with Crippen molar-refractivity contribution in [3.05, 3.63) is 71.8 Å². The van der Waals surface area contributed by atoms with Crippen molar-refractivity contribution in [2.75, 3.05) is 0 Å².